The number of aldehydes is 1. The van der Waals surface area contributed by atoms with Gasteiger partial charge in [-0.25, -0.2) is 4.79 Å². The highest BCUT2D eigenvalue weighted by Crippen LogP contribution is 2.25. The third-order valence-electron chi connectivity index (χ3n) is 2.09. The van der Waals surface area contributed by atoms with Crippen LogP contribution in [0.15, 0.2) is 18.2 Å². The predicted molar refractivity (Wildman–Crippen MR) is 59.9 cm³/mol. The molecule has 0 aromatic heterocycles. The Morgan fingerprint density at radius 2 is 2.17 bits per heavy atom. The molecule has 0 unspecified atom stereocenters. The van der Waals surface area contributed by atoms with Crippen molar-refractivity contribution in [3.05, 3.63) is 45.0 Å². The molecule has 90 valence electrons. The monoisotopic (exact) mass is 246 g/mol. The Kier molecular flexibility index (Phi) is 3.89. The fourth-order valence-electron chi connectivity index (χ4n) is 1.33. The Bertz CT molecular complexity index is 598. The second-order valence-corrected chi connectivity index (χ2v) is 3.12. The predicted octanol–water partition coefficient (Wildman–Crippen LogP) is 1.38. The summed E-state index contributed by atoms with van der Waals surface area (Å²) >= 11 is 0. The number of carboxylic acid groups (broad SMARTS) is 1. The zero-order chi connectivity index (χ0) is 13.7. The van der Waals surface area contributed by atoms with Crippen LogP contribution in [0, 0.1) is 21.4 Å². The van der Waals surface area contributed by atoms with Crippen LogP contribution >= 0.6 is 0 Å². The topological polar surface area (TPSA) is 121 Å². The highest BCUT2D eigenvalue weighted by Gasteiger charge is 2.19. The highest BCUT2D eigenvalue weighted by molar-refractivity contribution is 5.91. The van der Waals surface area contributed by atoms with Gasteiger partial charge < -0.3 is 5.11 Å². The van der Waals surface area contributed by atoms with E-state index in [0.717, 1.165) is 18.2 Å². The van der Waals surface area contributed by atoms with Crippen LogP contribution in [0.1, 0.15) is 21.5 Å². The van der Waals surface area contributed by atoms with Crippen LogP contribution < -0.4 is 0 Å². The van der Waals surface area contributed by atoms with E-state index in [1.807, 2.05) is 0 Å². The Morgan fingerprint density at radius 1 is 1.50 bits per heavy atom. The molecule has 0 fully saturated rings. The minimum atomic E-state index is -1.29. The number of nitriles is 1. The molecular weight excluding hydrogens is 240 g/mol. The second-order valence-electron chi connectivity index (χ2n) is 3.12. The van der Waals surface area contributed by atoms with E-state index in [-0.39, 0.29) is 16.7 Å². The first-order chi connectivity index (χ1) is 8.51. The second kappa shape index (κ2) is 5.36. The van der Waals surface area contributed by atoms with Gasteiger partial charge in [0.15, 0.2) is 6.29 Å². The van der Waals surface area contributed by atoms with Crippen LogP contribution in [0.2, 0.25) is 0 Å². The van der Waals surface area contributed by atoms with Gasteiger partial charge in [-0.1, -0.05) is 0 Å². The average molecular weight is 246 g/mol. The van der Waals surface area contributed by atoms with Crippen molar-refractivity contribution in [3.8, 4) is 6.07 Å². The summed E-state index contributed by atoms with van der Waals surface area (Å²) < 4.78 is 0. The molecule has 0 aliphatic heterocycles. The van der Waals surface area contributed by atoms with Gasteiger partial charge in [-0.05, 0) is 12.1 Å². The molecule has 1 aromatic rings. The molecule has 0 aliphatic carbocycles. The lowest BCUT2D eigenvalue weighted by atomic mass is 10.00. The number of nitro benzene ring substituents is 1. The van der Waals surface area contributed by atoms with Crippen LogP contribution in [0.4, 0.5) is 5.69 Å². The Labute approximate surface area is 101 Å². The van der Waals surface area contributed by atoms with Crippen molar-refractivity contribution in [2.24, 2.45) is 0 Å². The van der Waals surface area contributed by atoms with E-state index >= 15 is 0 Å². The van der Waals surface area contributed by atoms with Gasteiger partial charge in [0.2, 0.25) is 0 Å². The van der Waals surface area contributed by atoms with Gasteiger partial charge in [0.1, 0.15) is 11.6 Å². The molecule has 0 spiro atoms. The summed E-state index contributed by atoms with van der Waals surface area (Å²) in [6.45, 7) is 0. The molecular formula is C11H6N2O5. The normalized spacial score (nSPS) is 9.94. The minimum Gasteiger partial charge on any atom is -0.478 e. The SMILES string of the molecule is N#Cc1c([N+](=O)[O-])ccc(C=O)c1/C=C/C(=O)O. The van der Waals surface area contributed by atoms with Crippen LogP contribution in [0.5, 0.6) is 0 Å². The molecule has 7 heteroatoms. The molecule has 0 saturated carbocycles. The molecule has 1 rings (SSSR count). The van der Waals surface area contributed by atoms with Gasteiger partial charge in [-0.15, -0.1) is 0 Å². The molecule has 0 atom stereocenters. The van der Waals surface area contributed by atoms with Gasteiger partial charge in [0, 0.05) is 23.3 Å². The van der Waals surface area contributed by atoms with Gasteiger partial charge >= 0.3 is 5.97 Å². The van der Waals surface area contributed by atoms with Crippen molar-refractivity contribution in [2.75, 3.05) is 0 Å². The largest absolute Gasteiger partial charge is 0.478 e. The zero-order valence-electron chi connectivity index (χ0n) is 8.86. The van der Waals surface area contributed by atoms with Crippen LogP contribution in [-0.2, 0) is 4.79 Å². The van der Waals surface area contributed by atoms with E-state index in [2.05, 4.69) is 0 Å². The number of rotatable bonds is 4. The molecule has 1 aromatic carbocycles. The van der Waals surface area contributed by atoms with Gasteiger partial charge in [0.25, 0.3) is 5.69 Å². The molecule has 0 heterocycles. The van der Waals surface area contributed by atoms with Crippen molar-refractivity contribution >= 4 is 24.0 Å². The standard InChI is InChI=1S/C11H6N2O5/c12-5-9-8(2-4-11(15)16)7(6-14)1-3-10(9)13(17)18/h1-4,6H,(H,15,16)/b4-2+. The number of aliphatic carboxylic acids is 1. The summed E-state index contributed by atoms with van der Waals surface area (Å²) in [5.74, 6) is -1.29. The molecule has 18 heavy (non-hydrogen) atoms. The van der Waals surface area contributed by atoms with Crippen LogP contribution in [0.3, 0.4) is 0 Å². The average Bonchev–Trinajstić information content (AvgIpc) is 2.34. The highest BCUT2D eigenvalue weighted by atomic mass is 16.6. The maximum Gasteiger partial charge on any atom is 0.328 e. The molecule has 0 saturated heterocycles. The fourth-order valence-corrected chi connectivity index (χ4v) is 1.33. The number of carbonyl (C=O) groups is 2. The van der Waals surface area contributed by atoms with Gasteiger partial charge in [-0.3, -0.25) is 14.9 Å². The summed E-state index contributed by atoms with van der Waals surface area (Å²) in [7, 11) is 0. The number of carboxylic acids is 1. The van der Waals surface area contributed by atoms with Crippen molar-refractivity contribution in [1.82, 2.24) is 0 Å². The van der Waals surface area contributed by atoms with E-state index in [1.54, 1.807) is 6.07 Å². The summed E-state index contributed by atoms with van der Waals surface area (Å²) in [6.07, 6.45) is 2.08. The molecule has 0 amide bonds. The lowest BCUT2D eigenvalue weighted by Crippen LogP contribution is -1.99. The van der Waals surface area contributed by atoms with Gasteiger partial charge in [-0.2, -0.15) is 5.26 Å². The quantitative estimate of drug-likeness (QED) is 0.370. The number of carbonyl (C=O) groups excluding carboxylic acids is 1. The van der Waals surface area contributed by atoms with E-state index in [4.69, 9.17) is 10.4 Å². The van der Waals surface area contributed by atoms with Crippen molar-refractivity contribution in [2.45, 2.75) is 0 Å². The summed E-state index contributed by atoms with van der Waals surface area (Å²) in [4.78, 5) is 31.1. The van der Waals surface area contributed by atoms with Crippen molar-refractivity contribution in [1.29, 1.82) is 5.26 Å². The van der Waals surface area contributed by atoms with E-state index < -0.39 is 16.6 Å². The van der Waals surface area contributed by atoms with E-state index in [0.29, 0.717) is 12.4 Å². The molecule has 1 N–H and O–H groups in total. The summed E-state index contributed by atoms with van der Waals surface area (Å²) in [6, 6.07) is 3.79. The van der Waals surface area contributed by atoms with E-state index in [9.17, 15) is 19.7 Å². The lowest BCUT2D eigenvalue weighted by molar-refractivity contribution is -0.385. The Morgan fingerprint density at radius 3 is 2.61 bits per heavy atom. The first kappa shape index (κ1) is 13.1. The maximum atomic E-state index is 10.8. The molecule has 0 radical (unpaired) electrons. The van der Waals surface area contributed by atoms with Crippen molar-refractivity contribution in [3.63, 3.8) is 0 Å². The third-order valence-corrected chi connectivity index (χ3v) is 2.09. The fraction of sp³-hybridized carbons (Fsp3) is 0. The smallest absolute Gasteiger partial charge is 0.328 e. The molecule has 7 nitrogen and oxygen atoms in total. The van der Waals surface area contributed by atoms with Crippen LogP contribution in [-0.4, -0.2) is 22.3 Å². The first-order valence-corrected chi connectivity index (χ1v) is 4.59. The Balaban J connectivity index is 3.57. The number of nitro groups is 1. The molecule has 0 aliphatic rings. The Hall–Kier alpha value is -3.01. The van der Waals surface area contributed by atoms with Crippen LogP contribution in [0.25, 0.3) is 6.08 Å². The number of nitrogens with zero attached hydrogens (tertiary/aromatic N) is 2. The number of hydrogen-bond donors (Lipinski definition) is 1. The summed E-state index contributed by atoms with van der Waals surface area (Å²) in [5.41, 5.74) is -0.894. The maximum absolute atomic E-state index is 10.8. The van der Waals surface area contributed by atoms with E-state index in [1.165, 1.54) is 0 Å². The summed E-state index contributed by atoms with van der Waals surface area (Å²) in [5, 5.41) is 28.1. The number of hydrogen-bond acceptors (Lipinski definition) is 5. The number of benzene rings is 1. The molecule has 0 bridgehead atoms. The minimum absolute atomic E-state index is 0.00894. The van der Waals surface area contributed by atoms with Gasteiger partial charge in [0.05, 0.1) is 4.92 Å². The third kappa shape index (κ3) is 2.56. The lowest BCUT2D eigenvalue weighted by Gasteiger charge is -2.02. The zero-order valence-corrected chi connectivity index (χ0v) is 8.86. The first-order valence-electron chi connectivity index (χ1n) is 4.59. The van der Waals surface area contributed by atoms with Crippen molar-refractivity contribution < 1.29 is 19.6 Å².